The molecule has 30 heavy (non-hydrogen) atoms. The molecular weight excluding hydrogens is 384 g/mol. The molecule has 0 fully saturated rings. The fourth-order valence-corrected chi connectivity index (χ4v) is 3.02. The van der Waals surface area contributed by atoms with Crippen molar-refractivity contribution in [2.24, 2.45) is 0 Å². The molecule has 1 amide bonds. The summed E-state index contributed by atoms with van der Waals surface area (Å²) in [5.74, 6) is -0.724. The van der Waals surface area contributed by atoms with E-state index < -0.39 is 10.8 Å². The molecule has 2 rings (SSSR count). The molecule has 0 atom stereocenters. The van der Waals surface area contributed by atoms with Crippen molar-refractivity contribution >= 4 is 22.9 Å². The van der Waals surface area contributed by atoms with E-state index in [1.54, 1.807) is 12.1 Å². The van der Waals surface area contributed by atoms with Gasteiger partial charge in [0.15, 0.2) is 0 Å². The lowest BCUT2D eigenvalue weighted by Gasteiger charge is -2.28. The Labute approximate surface area is 176 Å². The second kappa shape index (κ2) is 7.82. The van der Waals surface area contributed by atoms with Gasteiger partial charge in [-0.1, -0.05) is 48.1 Å². The second-order valence-corrected chi connectivity index (χ2v) is 9.31. The van der Waals surface area contributed by atoms with E-state index in [-0.39, 0.29) is 39.3 Å². The Morgan fingerprint density at radius 1 is 1.00 bits per heavy atom. The van der Waals surface area contributed by atoms with Crippen molar-refractivity contribution in [3.63, 3.8) is 0 Å². The molecule has 3 N–H and O–H groups in total. The number of anilines is 1. The minimum absolute atomic E-state index is 0.0822. The fourth-order valence-electron chi connectivity index (χ4n) is 3.02. The number of nitrogens with zero attached hydrogens (tertiary/aromatic N) is 1. The van der Waals surface area contributed by atoms with E-state index in [0.29, 0.717) is 16.7 Å². The lowest BCUT2D eigenvalue weighted by atomic mass is 9.77. The predicted octanol–water partition coefficient (Wildman–Crippen LogP) is 5.25. The minimum atomic E-state index is -0.616. The molecule has 160 valence electrons. The van der Waals surface area contributed by atoms with E-state index in [0.717, 1.165) is 18.2 Å². The first-order chi connectivity index (χ1) is 13.6. The summed E-state index contributed by atoms with van der Waals surface area (Å²) in [6.07, 6.45) is 0. The van der Waals surface area contributed by atoms with Crippen LogP contribution in [0.15, 0.2) is 36.9 Å². The van der Waals surface area contributed by atoms with Gasteiger partial charge in [-0.15, -0.1) is 0 Å². The molecule has 7 heteroatoms. The zero-order chi connectivity index (χ0) is 23.0. The molecule has 2 aromatic rings. The van der Waals surface area contributed by atoms with Crippen molar-refractivity contribution in [3.8, 4) is 11.5 Å². The predicted molar refractivity (Wildman–Crippen MR) is 118 cm³/mol. The van der Waals surface area contributed by atoms with Gasteiger partial charge in [-0.3, -0.25) is 14.9 Å². The van der Waals surface area contributed by atoms with Crippen LogP contribution in [0.1, 0.15) is 58.2 Å². The van der Waals surface area contributed by atoms with Crippen LogP contribution in [0.4, 0.5) is 11.4 Å². The zero-order valence-corrected chi connectivity index (χ0v) is 18.2. The van der Waals surface area contributed by atoms with Crippen molar-refractivity contribution < 1.29 is 19.9 Å². The monoisotopic (exact) mass is 412 g/mol. The Balaban J connectivity index is 2.49. The van der Waals surface area contributed by atoms with Crippen LogP contribution < -0.4 is 5.32 Å². The standard InChI is InChI=1S/C23H28N2O5/c1-13(21(28)24-18-12-15(25(29)30)8-9-19(18)26)14-10-16(22(2,3)4)20(27)17(11-14)23(5,6)7/h8-12,26-27H,1H2,2-7H3,(H,24,28). The minimum Gasteiger partial charge on any atom is -0.507 e. The number of carbonyl (C=O) groups excluding carboxylic acids is 1. The lowest BCUT2D eigenvalue weighted by molar-refractivity contribution is -0.384. The summed E-state index contributed by atoms with van der Waals surface area (Å²) in [5.41, 5.74) is 0.880. The van der Waals surface area contributed by atoms with Crippen LogP contribution in [0.5, 0.6) is 11.5 Å². The number of phenols is 2. The maximum atomic E-state index is 12.8. The van der Waals surface area contributed by atoms with Crippen LogP contribution in [0, 0.1) is 10.1 Å². The maximum absolute atomic E-state index is 12.8. The molecule has 0 bridgehead atoms. The quantitative estimate of drug-likeness (QED) is 0.275. The van der Waals surface area contributed by atoms with E-state index in [9.17, 15) is 25.1 Å². The van der Waals surface area contributed by atoms with Crippen LogP contribution in [0.3, 0.4) is 0 Å². The summed E-state index contributed by atoms with van der Waals surface area (Å²) < 4.78 is 0. The molecule has 0 saturated carbocycles. The van der Waals surface area contributed by atoms with Crippen LogP contribution in [-0.4, -0.2) is 21.0 Å². The number of non-ortho nitro benzene ring substituents is 1. The van der Waals surface area contributed by atoms with Gasteiger partial charge in [-0.05, 0) is 34.6 Å². The number of nitro benzene ring substituents is 1. The second-order valence-electron chi connectivity index (χ2n) is 9.31. The average molecular weight is 412 g/mol. The van der Waals surface area contributed by atoms with Gasteiger partial charge >= 0.3 is 0 Å². The molecular formula is C23H28N2O5. The Bertz CT molecular complexity index is 992. The van der Waals surface area contributed by atoms with Crippen molar-refractivity contribution in [2.75, 3.05) is 5.32 Å². The zero-order valence-electron chi connectivity index (χ0n) is 18.2. The van der Waals surface area contributed by atoms with Crippen molar-refractivity contribution in [2.45, 2.75) is 52.4 Å². The third-order valence-electron chi connectivity index (χ3n) is 4.79. The molecule has 0 spiro atoms. The number of hydrogen-bond acceptors (Lipinski definition) is 5. The topological polar surface area (TPSA) is 113 Å². The number of rotatable bonds is 4. The van der Waals surface area contributed by atoms with Gasteiger partial charge in [0.1, 0.15) is 11.5 Å². The molecule has 0 aliphatic rings. The maximum Gasteiger partial charge on any atom is 0.271 e. The molecule has 0 heterocycles. The van der Waals surface area contributed by atoms with Crippen LogP contribution in [0.2, 0.25) is 0 Å². The third-order valence-corrected chi connectivity index (χ3v) is 4.79. The smallest absolute Gasteiger partial charge is 0.271 e. The highest BCUT2D eigenvalue weighted by Gasteiger charge is 2.28. The number of benzene rings is 2. The Morgan fingerprint density at radius 3 is 1.93 bits per heavy atom. The van der Waals surface area contributed by atoms with Crippen molar-refractivity contribution in [3.05, 3.63) is 63.7 Å². The highest BCUT2D eigenvalue weighted by molar-refractivity contribution is 6.25. The SMILES string of the molecule is C=C(C(=O)Nc1cc([N+](=O)[O-])ccc1O)c1cc(C(C)(C)C)c(O)c(C(C)(C)C)c1. The number of aromatic hydroxyl groups is 2. The number of nitrogens with one attached hydrogen (secondary N) is 1. The molecule has 0 unspecified atom stereocenters. The lowest BCUT2D eigenvalue weighted by Crippen LogP contribution is -2.19. The number of hydrogen-bond donors (Lipinski definition) is 3. The van der Waals surface area contributed by atoms with Gasteiger partial charge < -0.3 is 15.5 Å². The van der Waals surface area contributed by atoms with Gasteiger partial charge in [0.25, 0.3) is 11.6 Å². The fraction of sp³-hybridized carbons (Fsp3) is 0.348. The molecule has 0 aliphatic heterocycles. The average Bonchev–Trinajstić information content (AvgIpc) is 2.60. The Hall–Kier alpha value is -3.35. The molecule has 0 saturated heterocycles. The molecule has 2 aromatic carbocycles. The van der Waals surface area contributed by atoms with Gasteiger partial charge in [0.2, 0.25) is 0 Å². The normalized spacial score (nSPS) is 11.8. The number of nitro groups is 1. The summed E-state index contributed by atoms with van der Waals surface area (Å²) in [5, 5.41) is 34.2. The van der Waals surface area contributed by atoms with Crippen LogP contribution in [-0.2, 0) is 15.6 Å². The molecule has 0 aliphatic carbocycles. The first-order valence-corrected chi connectivity index (χ1v) is 9.49. The third kappa shape index (κ3) is 4.79. The summed E-state index contributed by atoms with van der Waals surface area (Å²) in [6, 6.07) is 6.82. The molecule has 7 nitrogen and oxygen atoms in total. The van der Waals surface area contributed by atoms with Crippen molar-refractivity contribution in [1.29, 1.82) is 0 Å². The first kappa shape index (κ1) is 22.9. The summed E-state index contributed by atoms with van der Waals surface area (Å²) in [7, 11) is 0. The van der Waals surface area contributed by atoms with E-state index >= 15 is 0 Å². The number of amides is 1. The van der Waals surface area contributed by atoms with E-state index in [1.165, 1.54) is 0 Å². The van der Waals surface area contributed by atoms with Crippen LogP contribution in [0.25, 0.3) is 5.57 Å². The number of carbonyl (C=O) groups is 1. The Morgan fingerprint density at radius 2 is 1.50 bits per heavy atom. The highest BCUT2D eigenvalue weighted by atomic mass is 16.6. The van der Waals surface area contributed by atoms with E-state index in [4.69, 9.17) is 0 Å². The van der Waals surface area contributed by atoms with E-state index in [1.807, 2.05) is 41.5 Å². The summed E-state index contributed by atoms with van der Waals surface area (Å²) in [4.78, 5) is 23.2. The number of phenolic OH excluding ortho intramolecular Hbond substituents is 2. The summed E-state index contributed by atoms with van der Waals surface area (Å²) in [6.45, 7) is 15.6. The van der Waals surface area contributed by atoms with Gasteiger partial charge in [-0.2, -0.15) is 0 Å². The van der Waals surface area contributed by atoms with Crippen molar-refractivity contribution in [1.82, 2.24) is 0 Å². The van der Waals surface area contributed by atoms with E-state index in [2.05, 4.69) is 11.9 Å². The highest BCUT2D eigenvalue weighted by Crippen LogP contribution is 2.41. The largest absolute Gasteiger partial charge is 0.507 e. The Kier molecular flexibility index (Phi) is 5.98. The van der Waals surface area contributed by atoms with Crippen LogP contribution >= 0.6 is 0 Å². The van der Waals surface area contributed by atoms with Gasteiger partial charge in [0, 0.05) is 28.8 Å². The van der Waals surface area contributed by atoms with Gasteiger partial charge in [0.05, 0.1) is 10.6 Å². The summed E-state index contributed by atoms with van der Waals surface area (Å²) >= 11 is 0. The first-order valence-electron chi connectivity index (χ1n) is 9.49. The molecule has 0 aromatic heterocycles. The van der Waals surface area contributed by atoms with Gasteiger partial charge in [-0.25, -0.2) is 0 Å². The molecule has 0 radical (unpaired) electrons.